The van der Waals surface area contributed by atoms with E-state index in [0.717, 1.165) is 50.3 Å². The number of hydrogen-bond donors (Lipinski definition) is 1. The van der Waals surface area contributed by atoms with Crippen LogP contribution in [0.15, 0.2) is 18.5 Å². The molecule has 1 N–H and O–H groups in total. The Morgan fingerprint density at radius 2 is 2.15 bits per heavy atom. The first-order valence-corrected chi connectivity index (χ1v) is 7.38. The van der Waals surface area contributed by atoms with Crippen molar-refractivity contribution in [3.63, 3.8) is 0 Å². The number of likely N-dealkylation sites (tertiary alicyclic amines) is 1. The molecule has 1 amide bonds. The highest BCUT2D eigenvalue weighted by Gasteiger charge is 2.19. The second-order valence-electron chi connectivity index (χ2n) is 5.30. The average Bonchev–Trinajstić information content (AvgIpc) is 2.99. The van der Waals surface area contributed by atoms with Gasteiger partial charge in [-0.3, -0.25) is 9.78 Å². The molecule has 0 aromatic carbocycles. The van der Waals surface area contributed by atoms with E-state index in [-0.39, 0.29) is 5.91 Å². The van der Waals surface area contributed by atoms with Gasteiger partial charge in [0, 0.05) is 26.7 Å². The van der Waals surface area contributed by atoms with Gasteiger partial charge in [-0.05, 0) is 25.3 Å². The highest BCUT2D eigenvalue weighted by atomic mass is 16.2. The Hall–Kier alpha value is -1.78. The van der Waals surface area contributed by atoms with E-state index in [1.165, 1.54) is 0 Å². The van der Waals surface area contributed by atoms with Gasteiger partial charge in [-0.2, -0.15) is 0 Å². The monoisotopic (exact) mass is 276 g/mol. The van der Waals surface area contributed by atoms with Gasteiger partial charge < -0.3 is 15.1 Å². The smallest absolute Gasteiger partial charge is 0.242 e. The first-order chi connectivity index (χ1) is 9.70. The summed E-state index contributed by atoms with van der Waals surface area (Å²) in [6.45, 7) is 5.29. The summed E-state index contributed by atoms with van der Waals surface area (Å²) in [6.07, 6.45) is 6.96. The molecule has 1 aliphatic rings. The summed E-state index contributed by atoms with van der Waals surface area (Å²) >= 11 is 0. The van der Waals surface area contributed by atoms with E-state index in [9.17, 15) is 4.79 Å². The zero-order chi connectivity index (χ0) is 14.4. The van der Waals surface area contributed by atoms with Gasteiger partial charge in [0.15, 0.2) is 0 Å². The molecule has 0 unspecified atom stereocenters. The average molecular weight is 276 g/mol. The maximum atomic E-state index is 12.1. The fourth-order valence-electron chi connectivity index (χ4n) is 2.36. The Balaban J connectivity index is 1.93. The Morgan fingerprint density at radius 1 is 1.40 bits per heavy atom. The van der Waals surface area contributed by atoms with Crippen molar-refractivity contribution in [2.75, 3.05) is 43.4 Å². The van der Waals surface area contributed by atoms with E-state index in [4.69, 9.17) is 0 Å². The molecule has 110 valence electrons. The molecule has 1 fully saturated rings. The van der Waals surface area contributed by atoms with E-state index >= 15 is 0 Å². The van der Waals surface area contributed by atoms with Crippen LogP contribution in [-0.2, 0) is 4.79 Å². The number of anilines is 2. The van der Waals surface area contributed by atoms with Crippen LogP contribution in [0.3, 0.4) is 0 Å². The van der Waals surface area contributed by atoms with Crippen LogP contribution in [0, 0.1) is 0 Å². The van der Waals surface area contributed by atoms with Crippen molar-refractivity contribution in [1.29, 1.82) is 0 Å². The molecule has 0 spiro atoms. The Bertz CT molecular complexity index is 443. The van der Waals surface area contributed by atoms with Crippen LogP contribution in [0.5, 0.6) is 0 Å². The number of nitrogens with one attached hydrogen (secondary N) is 1. The lowest BCUT2D eigenvalue weighted by Gasteiger charge is -2.23. The third kappa shape index (κ3) is 3.85. The van der Waals surface area contributed by atoms with Crippen molar-refractivity contribution in [2.24, 2.45) is 0 Å². The number of nitrogens with zero attached hydrogens (tertiary/aromatic N) is 3. The third-order valence-electron chi connectivity index (χ3n) is 3.57. The van der Waals surface area contributed by atoms with Gasteiger partial charge in [0.05, 0.1) is 30.3 Å². The number of carbonyl (C=O) groups is 1. The molecule has 0 bridgehead atoms. The van der Waals surface area contributed by atoms with Crippen molar-refractivity contribution in [3.8, 4) is 0 Å². The molecule has 0 radical (unpaired) electrons. The second kappa shape index (κ2) is 7.12. The number of hydrogen-bond acceptors (Lipinski definition) is 4. The lowest BCUT2D eigenvalue weighted by atomic mass is 10.3. The fraction of sp³-hybridized carbons (Fsp3) is 0.600. The molecule has 0 saturated carbocycles. The summed E-state index contributed by atoms with van der Waals surface area (Å²) in [5.41, 5.74) is 1.98. The second-order valence-corrected chi connectivity index (χ2v) is 5.30. The third-order valence-corrected chi connectivity index (χ3v) is 3.57. The van der Waals surface area contributed by atoms with Crippen LogP contribution in [-0.4, -0.2) is 49.0 Å². The van der Waals surface area contributed by atoms with Crippen molar-refractivity contribution in [3.05, 3.63) is 18.5 Å². The number of aromatic nitrogens is 1. The van der Waals surface area contributed by atoms with Crippen LogP contribution < -0.4 is 10.2 Å². The first kappa shape index (κ1) is 14.6. The van der Waals surface area contributed by atoms with Crippen LogP contribution in [0.2, 0.25) is 0 Å². The van der Waals surface area contributed by atoms with Gasteiger partial charge in [0.25, 0.3) is 0 Å². The Morgan fingerprint density at radius 3 is 2.85 bits per heavy atom. The number of pyridine rings is 1. The predicted molar refractivity (Wildman–Crippen MR) is 82.1 cm³/mol. The molecular formula is C15H24N4O. The Labute approximate surface area is 121 Å². The van der Waals surface area contributed by atoms with E-state index in [2.05, 4.69) is 17.2 Å². The summed E-state index contributed by atoms with van der Waals surface area (Å²) in [5.74, 6) is 0.205. The van der Waals surface area contributed by atoms with Crippen molar-refractivity contribution >= 4 is 17.3 Å². The van der Waals surface area contributed by atoms with E-state index in [1.54, 1.807) is 6.20 Å². The van der Waals surface area contributed by atoms with Gasteiger partial charge in [-0.15, -0.1) is 0 Å². The summed E-state index contributed by atoms with van der Waals surface area (Å²) in [5, 5.41) is 3.31. The Kier molecular flexibility index (Phi) is 5.21. The minimum Gasteiger partial charge on any atom is -0.384 e. The molecule has 2 heterocycles. The molecule has 5 heteroatoms. The molecule has 1 aromatic heterocycles. The zero-order valence-electron chi connectivity index (χ0n) is 12.4. The molecular weight excluding hydrogens is 252 g/mol. The zero-order valence-corrected chi connectivity index (χ0v) is 12.4. The minimum absolute atomic E-state index is 0.205. The molecule has 0 atom stereocenters. The summed E-state index contributed by atoms with van der Waals surface area (Å²) < 4.78 is 0. The van der Waals surface area contributed by atoms with Gasteiger partial charge in [0.1, 0.15) is 0 Å². The van der Waals surface area contributed by atoms with Crippen LogP contribution >= 0.6 is 0 Å². The molecule has 0 aliphatic carbocycles. The number of rotatable bonds is 6. The summed E-state index contributed by atoms with van der Waals surface area (Å²) in [7, 11) is 1.94. The lowest BCUT2D eigenvalue weighted by molar-refractivity contribution is -0.128. The van der Waals surface area contributed by atoms with E-state index in [0.29, 0.717) is 6.54 Å². The topological polar surface area (TPSA) is 48.5 Å². The van der Waals surface area contributed by atoms with Gasteiger partial charge in [-0.1, -0.05) is 6.92 Å². The fourth-order valence-corrected chi connectivity index (χ4v) is 2.36. The van der Waals surface area contributed by atoms with E-state index < -0.39 is 0 Å². The normalized spacial score (nSPS) is 14.4. The first-order valence-electron chi connectivity index (χ1n) is 7.38. The number of carbonyl (C=O) groups excluding carboxylic acids is 1. The molecule has 5 nitrogen and oxygen atoms in total. The lowest BCUT2D eigenvalue weighted by Crippen LogP contribution is -2.37. The highest BCUT2D eigenvalue weighted by molar-refractivity contribution is 5.81. The van der Waals surface area contributed by atoms with Gasteiger partial charge in [-0.25, -0.2) is 0 Å². The van der Waals surface area contributed by atoms with Crippen molar-refractivity contribution < 1.29 is 4.79 Å². The molecule has 20 heavy (non-hydrogen) atoms. The standard InChI is InChI=1S/C15H24N4O/c1-3-6-17-13-9-14(11-16-10-13)18(2)12-15(20)19-7-4-5-8-19/h9-11,17H,3-8,12H2,1-2H3. The molecule has 1 aromatic rings. The molecule has 2 rings (SSSR count). The minimum atomic E-state index is 0.205. The number of likely N-dealkylation sites (N-methyl/N-ethyl adjacent to an activating group) is 1. The maximum Gasteiger partial charge on any atom is 0.242 e. The highest BCUT2D eigenvalue weighted by Crippen LogP contribution is 2.17. The maximum absolute atomic E-state index is 12.1. The molecule has 1 saturated heterocycles. The van der Waals surface area contributed by atoms with Crippen molar-refractivity contribution in [1.82, 2.24) is 9.88 Å². The quantitative estimate of drug-likeness (QED) is 0.863. The summed E-state index contributed by atoms with van der Waals surface area (Å²) in [4.78, 5) is 20.3. The van der Waals surface area contributed by atoms with Gasteiger partial charge >= 0.3 is 0 Å². The summed E-state index contributed by atoms with van der Waals surface area (Å²) in [6, 6.07) is 2.04. The SMILES string of the molecule is CCCNc1cncc(N(C)CC(=O)N2CCCC2)c1. The number of amides is 1. The predicted octanol–water partition coefficient (Wildman–Crippen LogP) is 1.96. The van der Waals surface area contributed by atoms with Crippen LogP contribution in [0.4, 0.5) is 11.4 Å². The molecule has 1 aliphatic heterocycles. The van der Waals surface area contributed by atoms with Gasteiger partial charge in [0.2, 0.25) is 5.91 Å². The van der Waals surface area contributed by atoms with Crippen LogP contribution in [0.1, 0.15) is 26.2 Å². The van der Waals surface area contributed by atoms with Crippen LogP contribution in [0.25, 0.3) is 0 Å². The largest absolute Gasteiger partial charge is 0.384 e. The van der Waals surface area contributed by atoms with E-state index in [1.807, 2.05) is 29.1 Å². The van der Waals surface area contributed by atoms with Crippen molar-refractivity contribution in [2.45, 2.75) is 26.2 Å².